The highest BCUT2D eigenvalue weighted by Crippen LogP contribution is 2.43. The van der Waals surface area contributed by atoms with Crippen LogP contribution in [0.2, 0.25) is 0 Å². The third-order valence-electron chi connectivity index (χ3n) is 6.35. The summed E-state index contributed by atoms with van der Waals surface area (Å²) in [5, 5.41) is 5.59. The number of nitrogens with zero attached hydrogens (tertiary/aromatic N) is 1. The number of hydrogen-bond donors (Lipinski definition) is 2. The number of sulfonamides is 1. The van der Waals surface area contributed by atoms with Gasteiger partial charge < -0.3 is 10.6 Å². The fourth-order valence-electron chi connectivity index (χ4n) is 4.48. The molecule has 0 aliphatic carbocycles. The predicted octanol–water partition coefficient (Wildman–Crippen LogP) is 5.13. The lowest BCUT2D eigenvalue weighted by molar-refractivity contribution is -0.114. The molecular formula is C29H24FN3O4S. The number of carbonyl (C=O) groups is 2. The van der Waals surface area contributed by atoms with Crippen molar-refractivity contribution in [1.82, 2.24) is 5.32 Å². The third kappa shape index (κ3) is 4.76. The molecule has 0 radical (unpaired) electrons. The number of rotatable bonds is 6. The van der Waals surface area contributed by atoms with E-state index in [2.05, 4.69) is 10.6 Å². The lowest BCUT2D eigenvalue weighted by atomic mass is 10.0. The largest absolute Gasteiger partial charge is 0.345 e. The van der Waals surface area contributed by atoms with E-state index in [0.717, 1.165) is 15.9 Å². The molecular weight excluding hydrogens is 505 g/mol. The Hall–Kier alpha value is -4.50. The van der Waals surface area contributed by atoms with Crippen LogP contribution in [0.5, 0.6) is 0 Å². The van der Waals surface area contributed by atoms with Gasteiger partial charge in [0.2, 0.25) is 5.91 Å². The molecule has 1 aliphatic rings. The van der Waals surface area contributed by atoms with Gasteiger partial charge in [0.15, 0.2) is 0 Å². The average Bonchev–Trinajstić information content (AvgIpc) is 2.92. The summed E-state index contributed by atoms with van der Waals surface area (Å²) >= 11 is 0. The molecule has 0 fully saturated rings. The minimum atomic E-state index is -4.10. The van der Waals surface area contributed by atoms with E-state index in [-0.39, 0.29) is 27.9 Å². The van der Waals surface area contributed by atoms with Crippen molar-refractivity contribution in [3.05, 3.63) is 114 Å². The lowest BCUT2D eigenvalue weighted by Gasteiger charge is -2.31. The minimum absolute atomic E-state index is 0.0134. The molecule has 1 aliphatic heterocycles. The number of benzene rings is 4. The van der Waals surface area contributed by atoms with Crippen molar-refractivity contribution >= 4 is 33.2 Å². The molecule has 0 spiro atoms. The monoisotopic (exact) mass is 529 g/mol. The molecule has 4 aromatic rings. The van der Waals surface area contributed by atoms with Crippen LogP contribution in [0.25, 0.3) is 11.1 Å². The Morgan fingerprint density at radius 3 is 2.34 bits per heavy atom. The first kappa shape index (κ1) is 25.2. The number of halogens is 1. The fourth-order valence-corrected chi connectivity index (χ4v) is 6.13. The molecule has 1 atom stereocenters. The van der Waals surface area contributed by atoms with Crippen molar-refractivity contribution in [2.24, 2.45) is 0 Å². The van der Waals surface area contributed by atoms with E-state index in [1.165, 1.54) is 18.2 Å². The maximum Gasteiger partial charge on any atom is 0.265 e. The van der Waals surface area contributed by atoms with Crippen molar-refractivity contribution in [2.45, 2.75) is 17.9 Å². The van der Waals surface area contributed by atoms with E-state index in [4.69, 9.17) is 0 Å². The predicted molar refractivity (Wildman–Crippen MR) is 144 cm³/mol. The van der Waals surface area contributed by atoms with E-state index in [0.29, 0.717) is 11.1 Å². The lowest BCUT2D eigenvalue weighted by Crippen LogP contribution is -2.40. The summed E-state index contributed by atoms with van der Waals surface area (Å²) in [6.07, 6.45) is 0. The number of amides is 2. The highest BCUT2D eigenvalue weighted by molar-refractivity contribution is 7.93. The van der Waals surface area contributed by atoms with Crippen molar-refractivity contribution in [1.29, 1.82) is 0 Å². The molecule has 38 heavy (non-hydrogen) atoms. The summed E-state index contributed by atoms with van der Waals surface area (Å²) < 4.78 is 42.0. The van der Waals surface area contributed by atoms with Gasteiger partial charge in [0.25, 0.3) is 15.9 Å². The summed E-state index contributed by atoms with van der Waals surface area (Å²) in [5.74, 6) is -1.57. The Morgan fingerprint density at radius 1 is 0.868 bits per heavy atom. The summed E-state index contributed by atoms with van der Waals surface area (Å²) in [4.78, 5) is 26.2. The molecule has 0 unspecified atom stereocenters. The van der Waals surface area contributed by atoms with Gasteiger partial charge in [-0.1, -0.05) is 60.7 Å². The molecule has 1 heterocycles. The van der Waals surface area contributed by atoms with Crippen LogP contribution in [0, 0.1) is 5.82 Å². The number of hydrogen-bond acceptors (Lipinski definition) is 4. The zero-order chi connectivity index (χ0) is 26.9. The van der Waals surface area contributed by atoms with Gasteiger partial charge in [0.1, 0.15) is 12.4 Å². The van der Waals surface area contributed by atoms with Crippen LogP contribution < -0.4 is 14.9 Å². The normalized spacial score (nSPS) is 14.1. The van der Waals surface area contributed by atoms with E-state index >= 15 is 0 Å². The summed E-state index contributed by atoms with van der Waals surface area (Å²) in [6.45, 7) is 1.29. The Labute approximate surface area is 220 Å². The van der Waals surface area contributed by atoms with Crippen molar-refractivity contribution in [2.75, 3.05) is 16.2 Å². The van der Waals surface area contributed by atoms with E-state index in [9.17, 15) is 22.4 Å². The topological polar surface area (TPSA) is 95.6 Å². The molecule has 2 amide bonds. The second-order valence-corrected chi connectivity index (χ2v) is 10.7. The quantitative estimate of drug-likeness (QED) is 0.362. The molecule has 4 aromatic carbocycles. The second kappa shape index (κ2) is 10.1. The van der Waals surface area contributed by atoms with Crippen molar-refractivity contribution < 1.29 is 22.4 Å². The van der Waals surface area contributed by atoms with E-state index in [1.807, 2.05) is 37.3 Å². The van der Waals surface area contributed by atoms with Crippen LogP contribution in [0.1, 0.15) is 28.9 Å². The van der Waals surface area contributed by atoms with Crippen LogP contribution >= 0.6 is 0 Å². The number of carbonyl (C=O) groups excluding carboxylic acids is 2. The third-order valence-corrected chi connectivity index (χ3v) is 8.17. The molecule has 9 heteroatoms. The van der Waals surface area contributed by atoms with Crippen LogP contribution in [-0.4, -0.2) is 26.8 Å². The molecule has 2 N–H and O–H groups in total. The van der Waals surface area contributed by atoms with Gasteiger partial charge in [-0.15, -0.1) is 0 Å². The standard InChI is InChI=1S/C29H24FN3O4S/c1-19(20-9-3-2-4-10-20)31-29(35)23-12-5-7-13-25(23)32-28(34)18-33-26-16-15-21(30)17-24(26)22-11-6-8-14-27(22)38(33,36)37/h2-17,19H,18H2,1H3,(H,31,35)(H,32,34)/t19-/m0/s1. The Bertz CT molecular complexity index is 1640. The first-order valence-corrected chi connectivity index (χ1v) is 13.4. The van der Waals surface area contributed by atoms with E-state index in [1.54, 1.807) is 42.5 Å². The molecule has 0 saturated carbocycles. The van der Waals surface area contributed by atoms with Crippen LogP contribution in [0.15, 0.2) is 102 Å². The zero-order valence-corrected chi connectivity index (χ0v) is 21.2. The zero-order valence-electron chi connectivity index (χ0n) is 20.4. The summed E-state index contributed by atoms with van der Waals surface area (Å²) in [7, 11) is -4.10. The molecule has 5 rings (SSSR count). The molecule has 0 bridgehead atoms. The Kier molecular flexibility index (Phi) is 6.69. The van der Waals surface area contributed by atoms with Gasteiger partial charge in [-0.2, -0.15) is 0 Å². The molecule has 192 valence electrons. The number of para-hydroxylation sites is 1. The van der Waals surface area contributed by atoms with Gasteiger partial charge in [-0.05, 0) is 48.9 Å². The first-order valence-electron chi connectivity index (χ1n) is 11.9. The van der Waals surface area contributed by atoms with E-state index < -0.39 is 34.2 Å². The smallest absolute Gasteiger partial charge is 0.265 e. The molecule has 0 saturated heterocycles. The Morgan fingerprint density at radius 2 is 1.55 bits per heavy atom. The van der Waals surface area contributed by atoms with Crippen LogP contribution in [0.3, 0.4) is 0 Å². The number of nitrogens with one attached hydrogen (secondary N) is 2. The second-order valence-electron chi connectivity index (χ2n) is 8.87. The molecule has 0 aromatic heterocycles. The van der Waals surface area contributed by atoms with Gasteiger partial charge in [-0.25, -0.2) is 12.8 Å². The van der Waals surface area contributed by atoms with Crippen LogP contribution in [-0.2, 0) is 14.8 Å². The van der Waals surface area contributed by atoms with Crippen LogP contribution in [0.4, 0.5) is 15.8 Å². The maximum atomic E-state index is 14.1. The highest BCUT2D eigenvalue weighted by atomic mass is 32.2. The first-order chi connectivity index (χ1) is 18.3. The van der Waals surface area contributed by atoms with Crippen molar-refractivity contribution in [3.8, 4) is 11.1 Å². The van der Waals surface area contributed by atoms with Crippen molar-refractivity contribution in [3.63, 3.8) is 0 Å². The average molecular weight is 530 g/mol. The van der Waals surface area contributed by atoms with Gasteiger partial charge in [0.05, 0.1) is 27.9 Å². The Balaban J connectivity index is 1.39. The summed E-state index contributed by atoms with van der Waals surface area (Å²) in [6, 6.07) is 25.7. The molecule has 7 nitrogen and oxygen atoms in total. The maximum absolute atomic E-state index is 14.1. The van der Waals surface area contributed by atoms with Gasteiger partial charge in [0, 0.05) is 11.1 Å². The highest BCUT2D eigenvalue weighted by Gasteiger charge is 2.36. The minimum Gasteiger partial charge on any atom is -0.345 e. The van der Waals surface area contributed by atoms with Gasteiger partial charge in [-0.3, -0.25) is 13.9 Å². The number of anilines is 2. The van der Waals surface area contributed by atoms with Gasteiger partial charge >= 0.3 is 0 Å². The SMILES string of the molecule is C[C@H](NC(=O)c1ccccc1NC(=O)CN1c2ccc(F)cc2-c2ccccc2S1(=O)=O)c1ccccc1. The number of fused-ring (bicyclic) bond motifs is 3. The summed E-state index contributed by atoms with van der Waals surface area (Å²) in [5.41, 5.74) is 2.34. The fraction of sp³-hybridized carbons (Fsp3) is 0.103.